The molecule has 4 amide bonds. The highest BCUT2D eigenvalue weighted by Crippen LogP contribution is 2.24. The van der Waals surface area contributed by atoms with Crippen LogP contribution in [0.5, 0.6) is 0 Å². The van der Waals surface area contributed by atoms with Gasteiger partial charge in [0.15, 0.2) is 0 Å². The molecule has 0 aromatic heterocycles. The van der Waals surface area contributed by atoms with Gasteiger partial charge in [0.1, 0.15) is 29.9 Å². The van der Waals surface area contributed by atoms with E-state index in [0.29, 0.717) is 12.2 Å². The summed E-state index contributed by atoms with van der Waals surface area (Å²) < 4.78 is 5.65. The van der Waals surface area contributed by atoms with Crippen LogP contribution in [0.25, 0.3) is 0 Å². The van der Waals surface area contributed by atoms with Gasteiger partial charge < -0.3 is 26.0 Å². The second-order valence-corrected chi connectivity index (χ2v) is 11.9. The summed E-state index contributed by atoms with van der Waals surface area (Å²) in [6.07, 6.45) is 4.51. The highest BCUT2D eigenvalue weighted by molar-refractivity contribution is 8.76. The third-order valence-corrected chi connectivity index (χ3v) is 8.03. The number of carbonyl (C=O) groups excluding carboxylic acids is 5. The van der Waals surface area contributed by atoms with Gasteiger partial charge in [-0.25, -0.2) is 4.79 Å². The molecule has 0 saturated carbocycles. The number of carbonyl (C=O) groups is 5. The summed E-state index contributed by atoms with van der Waals surface area (Å²) in [7, 11) is 2.95. The van der Waals surface area contributed by atoms with Gasteiger partial charge in [0.2, 0.25) is 17.7 Å². The van der Waals surface area contributed by atoms with Crippen LogP contribution in [0, 0.1) is 11.8 Å². The van der Waals surface area contributed by atoms with Crippen LogP contribution in [-0.4, -0.2) is 65.3 Å². The Morgan fingerprint density at radius 2 is 1.64 bits per heavy atom. The van der Waals surface area contributed by atoms with Crippen molar-refractivity contribution in [3.05, 3.63) is 23.9 Å². The van der Waals surface area contributed by atoms with E-state index in [1.807, 2.05) is 6.08 Å². The van der Waals surface area contributed by atoms with E-state index >= 15 is 0 Å². The Morgan fingerprint density at radius 1 is 0.944 bits per heavy atom. The minimum absolute atomic E-state index is 0.0445. The summed E-state index contributed by atoms with van der Waals surface area (Å²) in [5, 5.41) is 10.7. The molecule has 200 valence electrons. The number of nitrogens with one attached hydrogen (secondary N) is 4. The lowest BCUT2D eigenvalue weighted by atomic mass is 10.0. The Labute approximate surface area is 220 Å². The first kappa shape index (κ1) is 29.8. The molecule has 12 heteroatoms. The van der Waals surface area contributed by atoms with Gasteiger partial charge in [-0.3, -0.25) is 19.2 Å². The minimum atomic E-state index is -1.00. The normalized spacial score (nSPS) is 29.6. The topological polar surface area (TPSA) is 143 Å². The molecule has 10 nitrogen and oxygen atoms in total. The van der Waals surface area contributed by atoms with E-state index in [-0.39, 0.29) is 29.7 Å². The number of fused-ring (bicyclic) bond motifs is 7. The first-order valence-corrected chi connectivity index (χ1v) is 14.5. The monoisotopic (exact) mass is 540 g/mol. The second-order valence-electron chi connectivity index (χ2n) is 9.24. The summed E-state index contributed by atoms with van der Waals surface area (Å²) in [6.45, 7) is 8.66. The fraction of sp³-hybridized carbons (Fsp3) is 0.625. The zero-order valence-corrected chi connectivity index (χ0v) is 22.9. The molecule has 4 atom stereocenters. The summed E-state index contributed by atoms with van der Waals surface area (Å²) in [4.78, 5) is 65.2. The van der Waals surface area contributed by atoms with Crippen molar-refractivity contribution in [3.63, 3.8) is 0 Å². The number of amides is 4. The molecule has 2 bridgehead atoms. The lowest BCUT2D eigenvalue weighted by Gasteiger charge is -2.27. The van der Waals surface area contributed by atoms with Crippen molar-refractivity contribution in [1.82, 2.24) is 21.3 Å². The second kappa shape index (κ2) is 14.3. The van der Waals surface area contributed by atoms with Crippen molar-refractivity contribution >= 4 is 51.2 Å². The minimum Gasteiger partial charge on any atom is -0.456 e. The van der Waals surface area contributed by atoms with Crippen molar-refractivity contribution in [2.24, 2.45) is 11.8 Å². The average molecular weight is 541 g/mol. The molecule has 2 heterocycles. The third kappa shape index (κ3) is 8.88. The molecular formula is C24H36N4O6S2. The van der Waals surface area contributed by atoms with Gasteiger partial charge in [-0.1, -0.05) is 61.4 Å². The molecule has 2 rings (SSSR count). The van der Waals surface area contributed by atoms with Crippen molar-refractivity contribution in [2.75, 3.05) is 11.5 Å². The molecule has 36 heavy (non-hydrogen) atoms. The third-order valence-electron chi connectivity index (χ3n) is 5.59. The van der Waals surface area contributed by atoms with Crippen LogP contribution in [0.2, 0.25) is 0 Å². The Kier molecular flexibility index (Phi) is 11.8. The molecule has 0 radical (unpaired) electrons. The zero-order chi connectivity index (χ0) is 26.8. The Morgan fingerprint density at radius 3 is 2.28 bits per heavy atom. The quantitative estimate of drug-likeness (QED) is 0.178. The fourth-order valence-electron chi connectivity index (χ4n) is 3.50. The number of allylic oxidation sites excluding steroid dienone is 2. The van der Waals surface area contributed by atoms with Crippen LogP contribution >= 0.6 is 21.6 Å². The predicted octanol–water partition coefficient (Wildman–Crippen LogP) is 1.43. The predicted molar refractivity (Wildman–Crippen MR) is 141 cm³/mol. The molecule has 1 fully saturated rings. The molecule has 0 aliphatic carbocycles. The molecule has 1 saturated heterocycles. The number of hydrogen-bond acceptors (Lipinski definition) is 8. The van der Waals surface area contributed by atoms with Crippen LogP contribution in [0.15, 0.2) is 23.9 Å². The van der Waals surface area contributed by atoms with Gasteiger partial charge in [-0.05, 0) is 31.3 Å². The van der Waals surface area contributed by atoms with Crippen molar-refractivity contribution in [3.8, 4) is 0 Å². The van der Waals surface area contributed by atoms with Gasteiger partial charge in [-0.2, -0.15) is 0 Å². The number of ether oxygens (including phenoxy) is 1. The van der Waals surface area contributed by atoms with Crippen molar-refractivity contribution in [1.29, 1.82) is 0 Å². The van der Waals surface area contributed by atoms with E-state index in [2.05, 4.69) is 21.3 Å². The summed E-state index contributed by atoms with van der Waals surface area (Å²) in [5.74, 6) is -2.54. The van der Waals surface area contributed by atoms with Crippen LogP contribution < -0.4 is 21.3 Å². The van der Waals surface area contributed by atoms with Crippen LogP contribution in [0.4, 0.5) is 0 Å². The van der Waals surface area contributed by atoms with Gasteiger partial charge in [0.05, 0.1) is 6.42 Å². The molecule has 0 aromatic carbocycles. The lowest BCUT2D eigenvalue weighted by Crippen LogP contribution is -2.57. The fourth-order valence-corrected chi connectivity index (χ4v) is 5.66. The first-order chi connectivity index (χ1) is 17.0. The summed E-state index contributed by atoms with van der Waals surface area (Å²) in [6, 6.07) is -2.86. The van der Waals surface area contributed by atoms with Gasteiger partial charge >= 0.3 is 5.97 Å². The molecular weight excluding hydrogens is 504 g/mol. The average Bonchev–Trinajstić information content (AvgIpc) is 2.81. The zero-order valence-electron chi connectivity index (χ0n) is 21.3. The maximum absolute atomic E-state index is 13.2. The van der Waals surface area contributed by atoms with Crippen LogP contribution in [0.1, 0.15) is 47.5 Å². The van der Waals surface area contributed by atoms with E-state index in [9.17, 15) is 24.0 Å². The summed E-state index contributed by atoms with van der Waals surface area (Å²) >= 11 is 0. The summed E-state index contributed by atoms with van der Waals surface area (Å²) in [5.41, 5.74) is -0.0445. The van der Waals surface area contributed by atoms with E-state index in [0.717, 1.165) is 0 Å². The van der Waals surface area contributed by atoms with Crippen molar-refractivity contribution < 1.29 is 28.7 Å². The highest BCUT2D eigenvalue weighted by atomic mass is 33.1. The van der Waals surface area contributed by atoms with Gasteiger partial charge in [0.25, 0.3) is 5.91 Å². The number of esters is 1. The van der Waals surface area contributed by atoms with Crippen LogP contribution in [-0.2, 0) is 28.7 Å². The van der Waals surface area contributed by atoms with Gasteiger partial charge in [-0.15, -0.1) is 0 Å². The Bertz CT molecular complexity index is 905. The van der Waals surface area contributed by atoms with E-state index in [1.165, 1.54) is 27.7 Å². The first-order valence-electron chi connectivity index (χ1n) is 12.0. The maximum atomic E-state index is 13.2. The Hall–Kier alpha value is -2.47. The smallest absolute Gasteiger partial charge is 0.329 e. The Balaban J connectivity index is 2.55. The van der Waals surface area contributed by atoms with Gasteiger partial charge in [0, 0.05) is 11.5 Å². The molecule has 4 N–H and O–H groups in total. The largest absolute Gasteiger partial charge is 0.456 e. The standard InChI is InChI=1S/C24H36N4O6S2/c1-6-16-21(30)28-20(14(4)5)24(33)34-15-9-7-8-10-35-36-12-17(22(31)25-16)26-23(32)19(13(2)3)27-18(29)11-15/h6-7,9,13-15,17,19-20H,8,10-12H2,1-5H3,(H,25,31)(H,26,32)(H,27,29)(H,28,30)/b9-7+,16-6+/t15-,17-,19+,20+/m1/s1. The van der Waals surface area contributed by atoms with Crippen molar-refractivity contribution in [2.45, 2.75) is 71.7 Å². The highest BCUT2D eigenvalue weighted by Gasteiger charge is 2.33. The molecule has 0 spiro atoms. The SMILES string of the molecule is C/C=C1/NC(=O)[C@H]2CSSCC/C=C/[C@H](CC(=O)N[C@@H](C(C)C)C(=O)N2)OC(=O)[C@H](C(C)C)NC1=O. The van der Waals surface area contributed by atoms with E-state index < -0.39 is 53.8 Å². The number of hydrogen-bond donors (Lipinski definition) is 4. The van der Waals surface area contributed by atoms with E-state index in [4.69, 9.17) is 4.74 Å². The van der Waals surface area contributed by atoms with Crippen LogP contribution in [0.3, 0.4) is 0 Å². The molecule has 0 aromatic rings. The lowest BCUT2D eigenvalue weighted by molar-refractivity contribution is -0.153. The van der Waals surface area contributed by atoms with E-state index in [1.54, 1.807) is 40.7 Å². The molecule has 2 aliphatic rings. The number of rotatable bonds is 2. The molecule has 2 aliphatic heterocycles. The maximum Gasteiger partial charge on any atom is 0.329 e. The molecule has 0 unspecified atom stereocenters.